The zero-order valence-corrected chi connectivity index (χ0v) is 19.6. The summed E-state index contributed by atoms with van der Waals surface area (Å²) >= 11 is 0. The van der Waals surface area contributed by atoms with Crippen LogP contribution in [-0.2, 0) is 9.59 Å². The largest absolute Gasteiger partial charge is 0.481 e. The monoisotopic (exact) mass is 397 g/mol. The van der Waals surface area contributed by atoms with E-state index in [1.54, 1.807) is 0 Å². The number of amides is 1. The average Bonchev–Trinajstić information content (AvgIpc) is 2.53. The molecular formula is C20H39NO3Si2. The lowest BCUT2D eigenvalue weighted by atomic mass is 9.84. The second-order valence-electron chi connectivity index (χ2n) is 10.9. The molecule has 0 aromatic carbocycles. The summed E-state index contributed by atoms with van der Waals surface area (Å²) in [5.74, 6) is -0.493. The second-order valence-corrected chi connectivity index (χ2v) is 22.0. The molecule has 0 aromatic heterocycles. The molecule has 2 saturated carbocycles. The lowest BCUT2D eigenvalue weighted by molar-refractivity contribution is -0.142. The van der Waals surface area contributed by atoms with E-state index in [9.17, 15) is 9.59 Å². The number of hydrogen-bond donors (Lipinski definition) is 2. The van der Waals surface area contributed by atoms with Gasteiger partial charge in [0.05, 0.1) is 5.92 Å². The number of carboxylic acid groups (broad SMARTS) is 1. The van der Waals surface area contributed by atoms with E-state index in [1.807, 2.05) is 0 Å². The van der Waals surface area contributed by atoms with E-state index in [0.29, 0.717) is 12.8 Å². The standard InChI is InChI=1S/C20H39NO3Si2/c1-25(2,3)17-11-15(12-18(13-17)26(4,5)6)19(22)21-16-9-7-14(8-10-16)20(23)24/h14-18H,7-13H2,1-6H3,(H,21,22)(H,23,24). The molecule has 2 aliphatic carbocycles. The highest BCUT2D eigenvalue weighted by Crippen LogP contribution is 2.49. The van der Waals surface area contributed by atoms with Crippen LogP contribution in [0, 0.1) is 11.8 Å². The summed E-state index contributed by atoms with van der Waals surface area (Å²) in [4.78, 5) is 24.1. The fourth-order valence-corrected chi connectivity index (χ4v) is 8.95. The molecule has 4 nitrogen and oxygen atoms in total. The molecule has 2 fully saturated rings. The average molecular weight is 398 g/mol. The summed E-state index contributed by atoms with van der Waals surface area (Å²) in [6.07, 6.45) is 6.47. The molecule has 2 N–H and O–H groups in total. The molecule has 1 amide bonds. The van der Waals surface area contributed by atoms with Gasteiger partial charge in [0.25, 0.3) is 0 Å². The lowest BCUT2D eigenvalue weighted by Gasteiger charge is -2.44. The molecule has 150 valence electrons. The van der Waals surface area contributed by atoms with Gasteiger partial charge >= 0.3 is 5.97 Å². The first-order valence-electron chi connectivity index (χ1n) is 10.4. The molecule has 0 heterocycles. The summed E-state index contributed by atoms with van der Waals surface area (Å²) < 4.78 is 0. The fraction of sp³-hybridized carbons (Fsp3) is 0.900. The van der Waals surface area contributed by atoms with Crippen molar-refractivity contribution in [2.45, 2.75) is 101 Å². The Morgan fingerprint density at radius 2 is 1.23 bits per heavy atom. The first-order chi connectivity index (χ1) is 11.9. The Hall–Kier alpha value is -0.626. The Labute approximate surface area is 161 Å². The predicted octanol–water partition coefficient (Wildman–Crippen LogP) is 4.96. The van der Waals surface area contributed by atoms with Crippen LogP contribution < -0.4 is 5.32 Å². The van der Waals surface area contributed by atoms with E-state index in [-0.39, 0.29) is 23.8 Å². The van der Waals surface area contributed by atoms with E-state index in [0.717, 1.165) is 36.8 Å². The van der Waals surface area contributed by atoms with Gasteiger partial charge in [-0.15, -0.1) is 0 Å². The van der Waals surface area contributed by atoms with E-state index >= 15 is 0 Å². The molecule has 0 aromatic rings. The third kappa shape index (κ3) is 5.68. The molecule has 0 aliphatic heterocycles. The molecule has 6 heteroatoms. The summed E-state index contributed by atoms with van der Waals surface area (Å²) in [5, 5.41) is 12.4. The van der Waals surface area contributed by atoms with Crippen molar-refractivity contribution in [1.29, 1.82) is 0 Å². The number of nitrogens with one attached hydrogen (secondary N) is 1. The molecule has 0 radical (unpaired) electrons. The highest BCUT2D eigenvalue weighted by Gasteiger charge is 2.43. The summed E-state index contributed by atoms with van der Waals surface area (Å²) in [5.41, 5.74) is 1.48. The van der Waals surface area contributed by atoms with Crippen molar-refractivity contribution in [3.63, 3.8) is 0 Å². The smallest absolute Gasteiger partial charge is 0.306 e. The third-order valence-electron chi connectivity index (χ3n) is 6.95. The van der Waals surface area contributed by atoms with Crippen LogP contribution in [-0.4, -0.2) is 39.2 Å². The molecule has 2 atom stereocenters. The van der Waals surface area contributed by atoms with Crippen LogP contribution in [0.4, 0.5) is 0 Å². The molecule has 2 aliphatic rings. The van der Waals surface area contributed by atoms with E-state index in [1.165, 1.54) is 6.42 Å². The fourth-order valence-electron chi connectivity index (χ4n) is 4.75. The van der Waals surface area contributed by atoms with Crippen LogP contribution in [0.15, 0.2) is 0 Å². The highest BCUT2D eigenvalue weighted by atomic mass is 28.3. The first kappa shape index (κ1) is 21.7. The van der Waals surface area contributed by atoms with Crippen LogP contribution in [0.5, 0.6) is 0 Å². The van der Waals surface area contributed by atoms with Crippen molar-refractivity contribution in [1.82, 2.24) is 5.32 Å². The zero-order valence-electron chi connectivity index (χ0n) is 17.6. The topological polar surface area (TPSA) is 66.4 Å². The van der Waals surface area contributed by atoms with Crippen LogP contribution in [0.1, 0.15) is 44.9 Å². The second kappa shape index (κ2) is 8.17. The minimum Gasteiger partial charge on any atom is -0.481 e. The molecule has 0 spiro atoms. The molecular weight excluding hydrogens is 358 g/mol. The molecule has 0 saturated heterocycles. The quantitative estimate of drug-likeness (QED) is 0.644. The zero-order chi connectivity index (χ0) is 19.7. The van der Waals surface area contributed by atoms with Crippen LogP contribution in [0.2, 0.25) is 50.4 Å². The Kier molecular flexibility index (Phi) is 6.81. The third-order valence-corrected chi connectivity index (χ3v) is 12.8. The van der Waals surface area contributed by atoms with Crippen molar-refractivity contribution in [3.8, 4) is 0 Å². The SMILES string of the molecule is C[Si](C)(C)C1CC(C(=O)NC2CCC(C(=O)O)CC2)CC([Si](C)(C)C)C1. The van der Waals surface area contributed by atoms with Gasteiger partial charge < -0.3 is 10.4 Å². The van der Waals surface area contributed by atoms with Crippen molar-refractivity contribution in [2.24, 2.45) is 11.8 Å². The van der Waals surface area contributed by atoms with Gasteiger partial charge in [-0.3, -0.25) is 9.59 Å². The van der Waals surface area contributed by atoms with Gasteiger partial charge in [0.1, 0.15) is 0 Å². The molecule has 26 heavy (non-hydrogen) atoms. The van der Waals surface area contributed by atoms with Crippen molar-refractivity contribution < 1.29 is 14.7 Å². The van der Waals surface area contributed by atoms with Gasteiger partial charge in [0, 0.05) is 28.1 Å². The Morgan fingerprint density at radius 1 is 0.769 bits per heavy atom. The lowest BCUT2D eigenvalue weighted by Crippen LogP contribution is -2.46. The minimum absolute atomic E-state index is 0.161. The van der Waals surface area contributed by atoms with Gasteiger partial charge in [-0.2, -0.15) is 0 Å². The van der Waals surface area contributed by atoms with Gasteiger partial charge in [-0.1, -0.05) is 45.7 Å². The Bertz CT molecular complexity index is 494. The summed E-state index contributed by atoms with van der Waals surface area (Å²) in [6.45, 7) is 14.7. The van der Waals surface area contributed by atoms with Gasteiger partial charge in [0.2, 0.25) is 5.91 Å². The van der Waals surface area contributed by atoms with Gasteiger partial charge in [0.15, 0.2) is 0 Å². The van der Waals surface area contributed by atoms with Gasteiger partial charge in [-0.25, -0.2) is 0 Å². The molecule has 2 unspecified atom stereocenters. The van der Waals surface area contributed by atoms with E-state index in [4.69, 9.17) is 5.11 Å². The first-order valence-corrected chi connectivity index (χ1v) is 17.6. The van der Waals surface area contributed by atoms with E-state index in [2.05, 4.69) is 44.6 Å². The maximum atomic E-state index is 13.0. The number of carboxylic acids is 1. The number of carbonyl (C=O) groups is 2. The Balaban J connectivity index is 1.99. The van der Waals surface area contributed by atoms with Gasteiger partial charge in [-0.05, 0) is 49.6 Å². The van der Waals surface area contributed by atoms with Crippen molar-refractivity contribution >= 4 is 28.0 Å². The number of rotatable bonds is 5. The van der Waals surface area contributed by atoms with Crippen LogP contribution >= 0.6 is 0 Å². The predicted molar refractivity (Wildman–Crippen MR) is 113 cm³/mol. The maximum absolute atomic E-state index is 13.0. The number of hydrogen-bond acceptors (Lipinski definition) is 2. The Morgan fingerprint density at radius 3 is 1.62 bits per heavy atom. The molecule has 2 rings (SSSR count). The maximum Gasteiger partial charge on any atom is 0.306 e. The molecule has 0 bridgehead atoms. The van der Waals surface area contributed by atoms with Crippen molar-refractivity contribution in [2.75, 3.05) is 0 Å². The summed E-state index contributed by atoms with van der Waals surface area (Å²) in [6, 6.07) is 0.177. The normalized spacial score (nSPS) is 33.5. The highest BCUT2D eigenvalue weighted by molar-refractivity contribution is 6.79. The van der Waals surface area contributed by atoms with E-state index < -0.39 is 22.1 Å². The van der Waals surface area contributed by atoms with Crippen LogP contribution in [0.3, 0.4) is 0 Å². The van der Waals surface area contributed by atoms with Crippen molar-refractivity contribution in [3.05, 3.63) is 0 Å². The number of aliphatic carboxylic acids is 1. The van der Waals surface area contributed by atoms with Crippen LogP contribution in [0.25, 0.3) is 0 Å². The number of carbonyl (C=O) groups excluding carboxylic acids is 1. The summed E-state index contributed by atoms with van der Waals surface area (Å²) in [7, 11) is -2.52. The minimum atomic E-state index is -1.26.